The number of thiophene rings is 1. The highest BCUT2D eigenvalue weighted by Crippen LogP contribution is 2.23. The number of halogens is 1. The van der Waals surface area contributed by atoms with Crippen LogP contribution in [0.1, 0.15) is 29.9 Å². The summed E-state index contributed by atoms with van der Waals surface area (Å²) in [5.74, 6) is 0. The van der Waals surface area contributed by atoms with Gasteiger partial charge in [-0.05, 0) is 46.1 Å². The number of rotatable bonds is 4. The highest BCUT2D eigenvalue weighted by Gasteiger charge is 2.06. The first kappa shape index (κ1) is 11.9. The molecule has 2 aromatic heterocycles. The van der Waals surface area contributed by atoms with Gasteiger partial charge in [0.05, 0.1) is 16.4 Å². The maximum absolute atomic E-state index is 9.69. The van der Waals surface area contributed by atoms with Crippen LogP contribution < -0.4 is 0 Å². The second-order valence-electron chi connectivity index (χ2n) is 3.75. The minimum atomic E-state index is -0.337. The topological polar surface area (TPSA) is 25.2 Å². The lowest BCUT2D eigenvalue weighted by Gasteiger charge is -2.04. The third kappa shape index (κ3) is 2.75. The van der Waals surface area contributed by atoms with Gasteiger partial charge in [0, 0.05) is 17.3 Å². The molecule has 2 nitrogen and oxygen atoms in total. The van der Waals surface area contributed by atoms with Crippen molar-refractivity contribution in [2.24, 2.45) is 0 Å². The molecule has 0 aromatic carbocycles. The lowest BCUT2D eigenvalue weighted by atomic mass is 10.1. The summed E-state index contributed by atoms with van der Waals surface area (Å²) in [6, 6.07) is 6.16. The Morgan fingerprint density at radius 2 is 2.25 bits per heavy atom. The van der Waals surface area contributed by atoms with E-state index in [-0.39, 0.29) is 6.10 Å². The van der Waals surface area contributed by atoms with E-state index < -0.39 is 0 Å². The zero-order chi connectivity index (χ0) is 11.5. The van der Waals surface area contributed by atoms with E-state index in [4.69, 9.17) is 0 Å². The van der Waals surface area contributed by atoms with Crippen LogP contribution in [-0.4, -0.2) is 9.67 Å². The SMILES string of the molecule is CCC(O)c1ccn(Cc2ccc(Br)s2)c1. The first-order chi connectivity index (χ1) is 7.69. The molecule has 4 heteroatoms. The molecule has 0 saturated carbocycles. The minimum Gasteiger partial charge on any atom is -0.388 e. The molecule has 2 aromatic rings. The van der Waals surface area contributed by atoms with Gasteiger partial charge < -0.3 is 9.67 Å². The average Bonchev–Trinajstić information content (AvgIpc) is 2.87. The van der Waals surface area contributed by atoms with Gasteiger partial charge in [0.1, 0.15) is 0 Å². The van der Waals surface area contributed by atoms with Crippen LogP contribution in [0, 0.1) is 0 Å². The number of hydrogen-bond donors (Lipinski definition) is 1. The Kier molecular flexibility index (Phi) is 3.84. The maximum Gasteiger partial charge on any atom is 0.0802 e. The normalized spacial score (nSPS) is 12.9. The van der Waals surface area contributed by atoms with E-state index in [0.29, 0.717) is 0 Å². The summed E-state index contributed by atoms with van der Waals surface area (Å²) < 4.78 is 3.26. The first-order valence-electron chi connectivity index (χ1n) is 5.27. The molecule has 0 fully saturated rings. The Bertz CT molecular complexity index is 463. The summed E-state index contributed by atoms with van der Waals surface area (Å²) in [6.45, 7) is 2.85. The summed E-state index contributed by atoms with van der Waals surface area (Å²) in [6.07, 6.45) is 4.45. The first-order valence-corrected chi connectivity index (χ1v) is 6.88. The van der Waals surface area contributed by atoms with E-state index in [1.54, 1.807) is 11.3 Å². The van der Waals surface area contributed by atoms with Crippen molar-refractivity contribution in [3.63, 3.8) is 0 Å². The van der Waals surface area contributed by atoms with Gasteiger partial charge in [-0.25, -0.2) is 0 Å². The Morgan fingerprint density at radius 3 is 2.88 bits per heavy atom. The Hall–Kier alpha value is -0.580. The van der Waals surface area contributed by atoms with Gasteiger partial charge >= 0.3 is 0 Å². The van der Waals surface area contributed by atoms with Crippen LogP contribution >= 0.6 is 27.3 Å². The summed E-state index contributed by atoms with van der Waals surface area (Å²) in [7, 11) is 0. The Balaban J connectivity index is 2.08. The Morgan fingerprint density at radius 1 is 1.44 bits per heavy atom. The molecule has 1 N–H and O–H groups in total. The molecular weight excluding hydrogens is 286 g/mol. The fourth-order valence-electron chi connectivity index (χ4n) is 1.61. The summed E-state index contributed by atoms with van der Waals surface area (Å²) >= 11 is 5.19. The van der Waals surface area contributed by atoms with Gasteiger partial charge in [0.15, 0.2) is 0 Å². The molecule has 2 rings (SSSR count). The van der Waals surface area contributed by atoms with Crippen LogP contribution in [0.3, 0.4) is 0 Å². The fourth-order valence-corrected chi connectivity index (χ4v) is 3.10. The lowest BCUT2D eigenvalue weighted by Crippen LogP contribution is -1.95. The monoisotopic (exact) mass is 299 g/mol. The van der Waals surface area contributed by atoms with Crippen molar-refractivity contribution in [3.8, 4) is 0 Å². The number of nitrogens with zero attached hydrogens (tertiary/aromatic N) is 1. The third-order valence-electron chi connectivity index (χ3n) is 2.51. The zero-order valence-corrected chi connectivity index (χ0v) is 11.5. The van der Waals surface area contributed by atoms with Crippen molar-refractivity contribution in [1.29, 1.82) is 0 Å². The van der Waals surface area contributed by atoms with Crippen LogP contribution in [0.2, 0.25) is 0 Å². The number of aliphatic hydroxyl groups is 1. The molecule has 0 amide bonds. The van der Waals surface area contributed by atoms with Crippen LogP contribution in [0.5, 0.6) is 0 Å². The van der Waals surface area contributed by atoms with Gasteiger partial charge in [-0.2, -0.15) is 0 Å². The average molecular weight is 300 g/mol. The highest BCUT2D eigenvalue weighted by molar-refractivity contribution is 9.11. The molecule has 1 unspecified atom stereocenters. The van der Waals surface area contributed by atoms with E-state index in [0.717, 1.165) is 22.3 Å². The predicted octanol–water partition coefficient (Wildman–Crippen LogP) is 3.80. The number of aromatic nitrogens is 1. The lowest BCUT2D eigenvalue weighted by molar-refractivity contribution is 0.173. The molecule has 0 bridgehead atoms. The minimum absolute atomic E-state index is 0.337. The van der Waals surface area contributed by atoms with Crippen LogP contribution in [-0.2, 0) is 6.54 Å². The molecule has 0 aliphatic carbocycles. The van der Waals surface area contributed by atoms with Crippen molar-refractivity contribution >= 4 is 27.3 Å². The van der Waals surface area contributed by atoms with E-state index in [1.807, 2.05) is 25.4 Å². The standard InChI is InChI=1S/C12H14BrNOS/c1-2-11(15)9-5-6-14(7-9)8-10-3-4-12(13)16-10/h3-7,11,15H,2,8H2,1H3. The van der Waals surface area contributed by atoms with Gasteiger partial charge in [-0.15, -0.1) is 11.3 Å². The molecule has 2 heterocycles. The van der Waals surface area contributed by atoms with Crippen LogP contribution in [0.15, 0.2) is 34.4 Å². The quantitative estimate of drug-likeness (QED) is 0.912. The smallest absolute Gasteiger partial charge is 0.0802 e. The molecule has 1 atom stereocenters. The Labute approximate surface area is 108 Å². The van der Waals surface area contributed by atoms with E-state index in [1.165, 1.54) is 4.88 Å². The van der Waals surface area contributed by atoms with E-state index >= 15 is 0 Å². The fraction of sp³-hybridized carbons (Fsp3) is 0.333. The van der Waals surface area contributed by atoms with Crippen molar-refractivity contribution in [1.82, 2.24) is 4.57 Å². The number of hydrogen-bond acceptors (Lipinski definition) is 2. The van der Waals surface area contributed by atoms with Gasteiger partial charge in [-0.3, -0.25) is 0 Å². The molecule has 0 saturated heterocycles. The molecule has 16 heavy (non-hydrogen) atoms. The highest BCUT2D eigenvalue weighted by atomic mass is 79.9. The van der Waals surface area contributed by atoms with Gasteiger partial charge in [0.25, 0.3) is 0 Å². The summed E-state index contributed by atoms with van der Waals surface area (Å²) in [4.78, 5) is 1.31. The molecule has 0 spiro atoms. The summed E-state index contributed by atoms with van der Waals surface area (Å²) in [5, 5.41) is 9.69. The van der Waals surface area contributed by atoms with Crippen molar-refractivity contribution in [2.75, 3.05) is 0 Å². The summed E-state index contributed by atoms with van der Waals surface area (Å²) in [5.41, 5.74) is 0.998. The molecule has 0 aliphatic heterocycles. The van der Waals surface area contributed by atoms with Crippen molar-refractivity contribution in [3.05, 3.63) is 44.8 Å². The zero-order valence-electron chi connectivity index (χ0n) is 9.06. The van der Waals surface area contributed by atoms with Gasteiger partial charge in [-0.1, -0.05) is 6.92 Å². The van der Waals surface area contributed by atoms with Crippen molar-refractivity contribution < 1.29 is 5.11 Å². The van der Waals surface area contributed by atoms with Crippen LogP contribution in [0.4, 0.5) is 0 Å². The third-order valence-corrected chi connectivity index (χ3v) is 4.12. The van der Waals surface area contributed by atoms with Gasteiger partial charge in [0.2, 0.25) is 0 Å². The molecule has 0 aliphatic rings. The number of aliphatic hydroxyl groups excluding tert-OH is 1. The van der Waals surface area contributed by atoms with E-state index in [2.05, 4.69) is 32.6 Å². The van der Waals surface area contributed by atoms with Crippen molar-refractivity contribution in [2.45, 2.75) is 26.0 Å². The molecule has 86 valence electrons. The van der Waals surface area contributed by atoms with Crippen LogP contribution in [0.25, 0.3) is 0 Å². The van der Waals surface area contributed by atoms with E-state index in [9.17, 15) is 5.11 Å². The molecule has 0 radical (unpaired) electrons. The maximum atomic E-state index is 9.69. The largest absolute Gasteiger partial charge is 0.388 e. The second-order valence-corrected chi connectivity index (χ2v) is 6.29. The molecular formula is C12H14BrNOS. The predicted molar refractivity (Wildman–Crippen MR) is 70.8 cm³/mol. The second kappa shape index (κ2) is 5.17.